The van der Waals surface area contributed by atoms with Crippen LogP contribution >= 0.6 is 11.6 Å². The molecule has 0 spiro atoms. The molecule has 1 N–H and O–H groups in total. The monoisotopic (exact) mass is 182 g/mol. The maximum absolute atomic E-state index is 8.89. The molecule has 0 atom stereocenters. The lowest BCUT2D eigenvalue weighted by atomic mass is 10.3. The number of fused-ring (bicyclic) bond motifs is 1. The minimum absolute atomic E-state index is 0.146. The van der Waals surface area contributed by atoms with Gasteiger partial charge in [-0.15, -0.1) is 0 Å². The Balaban J connectivity index is 2.82. The van der Waals surface area contributed by atoms with E-state index in [2.05, 4.69) is 5.10 Å². The molecule has 62 valence electrons. The van der Waals surface area contributed by atoms with Gasteiger partial charge in [0.05, 0.1) is 5.52 Å². The lowest BCUT2D eigenvalue weighted by Gasteiger charge is -1.94. The van der Waals surface area contributed by atoms with Crippen LogP contribution < -0.4 is 0 Å². The molecule has 0 saturated carbocycles. The van der Waals surface area contributed by atoms with Gasteiger partial charge in [0.1, 0.15) is 6.73 Å². The fourth-order valence-corrected chi connectivity index (χ4v) is 1.45. The summed E-state index contributed by atoms with van der Waals surface area (Å²) in [4.78, 5) is 0. The highest BCUT2D eigenvalue weighted by Gasteiger charge is 2.05. The number of benzene rings is 1. The summed E-state index contributed by atoms with van der Waals surface area (Å²) >= 11 is 5.81. The summed E-state index contributed by atoms with van der Waals surface area (Å²) in [7, 11) is 0. The van der Waals surface area contributed by atoms with Gasteiger partial charge in [0.25, 0.3) is 0 Å². The fourth-order valence-electron chi connectivity index (χ4n) is 1.19. The molecule has 2 aromatic rings. The van der Waals surface area contributed by atoms with Crippen molar-refractivity contribution in [1.82, 2.24) is 9.78 Å². The number of nitrogens with zero attached hydrogens (tertiary/aromatic N) is 2. The molecule has 0 amide bonds. The summed E-state index contributed by atoms with van der Waals surface area (Å²) in [5, 5.41) is 14.1. The van der Waals surface area contributed by atoms with Crippen molar-refractivity contribution in [3.63, 3.8) is 0 Å². The zero-order valence-electron chi connectivity index (χ0n) is 6.24. The van der Waals surface area contributed by atoms with Crippen LogP contribution in [0.2, 0.25) is 5.15 Å². The lowest BCUT2D eigenvalue weighted by molar-refractivity contribution is 0.200. The van der Waals surface area contributed by atoms with Gasteiger partial charge in [0, 0.05) is 5.39 Å². The summed E-state index contributed by atoms with van der Waals surface area (Å²) in [5.41, 5.74) is 0.852. The third kappa shape index (κ3) is 0.983. The highest BCUT2D eigenvalue weighted by Crippen LogP contribution is 2.21. The molecule has 2 rings (SSSR count). The van der Waals surface area contributed by atoms with Crippen LogP contribution in [-0.4, -0.2) is 14.9 Å². The van der Waals surface area contributed by atoms with Gasteiger partial charge in [0.15, 0.2) is 5.15 Å². The number of aliphatic hydroxyl groups excluding tert-OH is 1. The van der Waals surface area contributed by atoms with Crippen LogP contribution in [-0.2, 0) is 6.73 Å². The topological polar surface area (TPSA) is 38.0 Å². The molecule has 0 fully saturated rings. The predicted octanol–water partition coefficient (Wildman–Crippen LogP) is 1.64. The summed E-state index contributed by atoms with van der Waals surface area (Å²) in [6, 6.07) is 7.51. The molecule has 12 heavy (non-hydrogen) atoms. The van der Waals surface area contributed by atoms with Crippen LogP contribution in [0.1, 0.15) is 0 Å². The Kier molecular flexibility index (Phi) is 1.75. The van der Waals surface area contributed by atoms with E-state index in [1.165, 1.54) is 4.68 Å². The Morgan fingerprint density at radius 3 is 2.92 bits per heavy atom. The second kappa shape index (κ2) is 2.77. The summed E-state index contributed by atoms with van der Waals surface area (Å²) in [5.74, 6) is 0. The Labute approximate surface area is 74.2 Å². The molecule has 0 aliphatic rings. The maximum Gasteiger partial charge on any atom is 0.159 e. The van der Waals surface area contributed by atoms with Crippen molar-refractivity contribution in [2.45, 2.75) is 6.73 Å². The van der Waals surface area contributed by atoms with Crippen molar-refractivity contribution in [2.24, 2.45) is 0 Å². The first-order chi connectivity index (χ1) is 5.83. The molecule has 4 heteroatoms. The van der Waals surface area contributed by atoms with E-state index in [0.29, 0.717) is 5.15 Å². The number of rotatable bonds is 1. The molecule has 0 radical (unpaired) electrons. The van der Waals surface area contributed by atoms with Gasteiger partial charge in [-0.05, 0) is 12.1 Å². The van der Waals surface area contributed by atoms with Gasteiger partial charge in [-0.25, -0.2) is 4.68 Å². The van der Waals surface area contributed by atoms with Crippen LogP contribution in [0.4, 0.5) is 0 Å². The smallest absolute Gasteiger partial charge is 0.159 e. The predicted molar refractivity (Wildman–Crippen MR) is 47.0 cm³/mol. The van der Waals surface area contributed by atoms with E-state index in [0.717, 1.165) is 10.9 Å². The molecular formula is C8H7ClN2O. The minimum Gasteiger partial charge on any atom is -0.374 e. The molecule has 0 aliphatic heterocycles. The van der Waals surface area contributed by atoms with Crippen LogP contribution in [0.3, 0.4) is 0 Å². The Morgan fingerprint density at radius 2 is 2.17 bits per heavy atom. The quantitative estimate of drug-likeness (QED) is 0.728. The van der Waals surface area contributed by atoms with Gasteiger partial charge in [-0.1, -0.05) is 23.7 Å². The average molecular weight is 183 g/mol. The molecule has 1 aromatic heterocycles. The zero-order valence-corrected chi connectivity index (χ0v) is 6.99. The summed E-state index contributed by atoms with van der Waals surface area (Å²) < 4.78 is 1.46. The van der Waals surface area contributed by atoms with E-state index >= 15 is 0 Å². The number of hydrogen-bond acceptors (Lipinski definition) is 2. The summed E-state index contributed by atoms with van der Waals surface area (Å²) in [6.07, 6.45) is 0. The Hall–Kier alpha value is -1.06. The molecule has 0 bridgehead atoms. The fraction of sp³-hybridized carbons (Fsp3) is 0.125. The number of halogens is 1. The largest absolute Gasteiger partial charge is 0.374 e. The number of aromatic nitrogens is 2. The summed E-state index contributed by atoms with van der Waals surface area (Å²) in [6.45, 7) is -0.146. The van der Waals surface area contributed by atoms with Gasteiger partial charge >= 0.3 is 0 Å². The average Bonchev–Trinajstić information content (AvgIpc) is 2.44. The van der Waals surface area contributed by atoms with Crippen molar-refractivity contribution in [3.8, 4) is 0 Å². The number of hydrogen-bond donors (Lipinski definition) is 1. The normalized spacial score (nSPS) is 10.8. The van der Waals surface area contributed by atoms with Crippen LogP contribution in [0, 0.1) is 0 Å². The Morgan fingerprint density at radius 1 is 1.42 bits per heavy atom. The van der Waals surface area contributed by atoms with Crippen LogP contribution in [0.25, 0.3) is 10.9 Å². The first-order valence-corrected chi connectivity index (χ1v) is 3.92. The van der Waals surface area contributed by atoms with Gasteiger partial charge in [0.2, 0.25) is 0 Å². The molecule has 1 heterocycles. The zero-order chi connectivity index (χ0) is 8.55. The van der Waals surface area contributed by atoms with Crippen molar-refractivity contribution < 1.29 is 5.11 Å². The molecule has 0 saturated heterocycles. The second-order valence-corrected chi connectivity index (χ2v) is 2.81. The maximum atomic E-state index is 8.89. The standard InChI is InChI=1S/C8H7ClN2O/c9-8-6-3-1-2-4-7(6)11(5-12)10-8/h1-4,12H,5H2. The van der Waals surface area contributed by atoms with E-state index in [4.69, 9.17) is 16.7 Å². The highest BCUT2D eigenvalue weighted by molar-refractivity contribution is 6.34. The number of aliphatic hydroxyl groups is 1. The molecule has 3 nitrogen and oxygen atoms in total. The third-order valence-electron chi connectivity index (χ3n) is 1.75. The first-order valence-electron chi connectivity index (χ1n) is 3.55. The third-order valence-corrected chi connectivity index (χ3v) is 2.03. The van der Waals surface area contributed by atoms with Crippen LogP contribution in [0.5, 0.6) is 0 Å². The van der Waals surface area contributed by atoms with Crippen molar-refractivity contribution >= 4 is 22.5 Å². The minimum atomic E-state index is -0.146. The van der Waals surface area contributed by atoms with Gasteiger partial charge < -0.3 is 5.11 Å². The van der Waals surface area contributed by atoms with E-state index < -0.39 is 0 Å². The molecular weight excluding hydrogens is 176 g/mol. The van der Waals surface area contributed by atoms with Crippen molar-refractivity contribution in [2.75, 3.05) is 0 Å². The molecule has 1 aromatic carbocycles. The van der Waals surface area contributed by atoms with Crippen LogP contribution in [0.15, 0.2) is 24.3 Å². The van der Waals surface area contributed by atoms with Crippen molar-refractivity contribution in [1.29, 1.82) is 0 Å². The molecule has 0 aliphatic carbocycles. The van der Waals surface area contributed by atoms with E-state index in [9.17, 15) is 0 Å². The van der Waals surface area contributed by atoms with Crippen molar-refractivity contribution in [3.05, 3.63) is 29.4 Å². The van der Waals surface area contributed by atoms with E-state index in [1.807, 2.05) is 24.3 Å². The molecule has 0 unspecified atom stereocenters. The van der Waals surface area contributed by atoms with Gasteiger partial charge in [-0.2, -0.15) is 5.10 Å². The van der Waals surface area contributed by atoms with E-state index in [1.54, 1.807) is 0 Å². The van der Waals surface area contributed by atoms with E-state index in [-0.39, 0.29) is 6.73 Å². The van der Waals surface area contributed by atoms with Gasteiger partial charge in [-0.3, -0.25) is 0 Å². The lowest BCUT2D eigenvalue weighted by Crippen LogP contribution is -1.97. The SMILES string of the molecule is OCn1nc(Cl)c2ccccc21. The first kappa shape index (κ1) is 7.58. The Bertz CT molecular complexity index is 410. The highest BCUT2D eigenvalue weighted by atomic mass is 35.5. The number of para-hydroxylation sites is 1. The second-order valence-electron chi connectivity index (χ2n) is 2.45.